The Hall–Kier alpha value is -2.36. The number of rotatable bonds is 6. The Bertz CT molecular complexity index is 959. The van der Waals surface area contributed by atoms with Crippen LogP contribution >= 0.6 is 15.9 Å². The van der Waals surface area contributed by atoms with Crippen molar-refractivity contribution in [2.75, 3.05) is 0 Å². The first-order valence-corrected chi connectivity index (χ1v) is 15.0. The van der Waals surface area contributed by atoms with E-state index < -0.39 is 13.3 Å². The zero-order valence-electron chi connectivity index (χ0n) is 16.2. The molecular formula is C27H23BrGe. The van der Waals surface area contributed by atoms with Crippen LogP contribution < -0.4 is 13.2 Å². The Balaban J connectivity index is 1.85. The molecule has 0 fully saturated rings. The molecule has 0 aliphatic heterocycles. The van der Waals surface area contributed by atoms with Gasteiger partial charge in [0.15, 0.2) is 0 Å². The molecule has 0 N–H and O–H groups in total. The van der Waals surface area contributed by atoms with Gasteiger partial charge in [0, 0.05) is 0 Å². The van der Waals surface area contributed by atoms with E-state index >= 15 is 0 Å². The number of hydrogen-bond acceptors (Lipinski definition) is 0. The van der Waals surface area contributed by atoms with Crippen LogP contribution in [0.2, 0.25) is 0 Å². The molecule has 0 saturated carbocycles. The van der Waals surface area contributed by atoms with Gasteiger partial charge in [-0.05, 0) is 0 Å². The summed E-state index contributed by atoms with van der Waals surface area (Å²) in [4.78, 5) is 2.56. The van der Waals surface area contributed by atoms with Gasteiger partial charge in [0.05, 0.1) is 0 Å². The fraction of sp³-hybridized carbons (Fsp3) is 0.0370. The zero-order valence-corrected chi connectivity index (χ0v) is 19.9. The Kier molecular flexibility index (Phi) is 6.48. The summed E-state index contributed by atoms with van der Waals surface area (Å²) in [6.45, 7) is 0. The minimum atomic E-state index is -2.96. The van der Waals surface area contributed by atoms with Gasteiger partial charge in [-0.2, -0.15) is 0 Å². The predicted molar refractivity (Wildman–Crippen MR) is 131 cm³/mol. The van der Waals surface area contributed by atoms with Crippen molar-refractivity contribution in [1.29, 1.82) is 0 Å². The quantitative estimate of drug-likeness (QED) is 0.318. The normalized spacial score (nSPS) is 11.6. The van der Waals surface area contributed by atoms with Crippen LogP contribution in [0.3, 0.4) is 0 Å². The van der Waals surface area contributed by atoms with Gasteiger partial charge in [0.25, 0.3) is 0 Å². The Morgan fingerprint density at radius 2 is 0.966 bits per heavy atom. The van der Waals surface area contributed by atoms with Gasteiger partial charge in [-0.25, -0.2) is 0 Å². The van der Waals surface area contributed by atoms with E-state index in [1.165, 1.54) is 18.8 Å². The number of hydrogen-bond donors (Lipinski definition) is 0. The molecule has 4 aromatic rings. The first-order chi connectivity index (χ1) is 14.3. The van der Waals surface area contributed by atoms with E-state index in [9.17, 15) is 0 Å². The third-order valence-corrected chi connectivity index (χ3v) is 15.2. The van der Waals surface area contributed by atoms with Crippen molar-refractivity contribution in [1.82, 2.24) is 0 Å². The van der Waals surface area contributed by atoms with Gasteiger partial charge in [-0.3, -0.25) is 0 Å². The van der Waals surface area contributed by atoms with Gasteiger partial charge in [-0.15, -0.1) is 0 Å². The summed E-state index contributed by atoms with van der Waals surface area (Å²) < 4.78 is 5.49. The summed E-state index contributed by atoms with van der Waals surface area (Å²) in [6, 6.07) is 41.8. The Labute approximate surface area is 184 Å². The molecule has 0 aliphatic carbocycles. The van der Waals surface area contributed by atoms with Crippen LogP contribution in [0.25, 0.3) is 0 Å². The van der Waals surface area contributed by atoms with Crippen molar-refractivity contribution in [3.63, 3.8) is 0 Å². The first-order valence-electron chi connectivity index (χ1n) is 9.88. The molecular weight excluding hydrogens is 477 g/mol. The van der Waals surface area contributed by atoms with Gasteiger partial charge < -0.3 is 0 Å². The first kappa shape index (κ1) is 19.9. The fourth-order valence-corrected chi connectivity index (χ4v) is 13.0. The molecule has 0 nitrogen and oxygen atoms in total. The molecule has 0 unspecified atom stereocenters. The summed E-state index contributed by atoms with van der Waals surface area (Å²) >= 11 is 0.569. The molecule has 2 heteroatoms. The standard InChI is InChI=1S/C27H23BrGe/c28-24-20-18-23(19-21-24)11-10-22-29(25-12-4-1-5-13-25,26-14-6-2-7-15-26)27-16-8-3-9-17-27/h1-10,12-22H,11H2/b22-10+. The van der Waals surface area contributed by atoms with Crippen LogP contribution in [-0.4, -0.2) is 13.3 Å². The van der Waals surface area contributed by atoms with E-state index in [4.69, 9.17) is 0 Å². The van der Waals surface area contributed by atoms with Gasteiger partial charge >= 0.3 is 185 Å². The van der Waals surface area contributed by atoms with Crippen molar-refractivity contribution in [3.05, 3.63) is 136 Å². The van der Waals surface area contributed by atoms with Crippen molar-refractivity contribution < 1.29 is 0 Å². The summed E-state index contributed by atoms with van der Waals surface area (Å²) in [7, 11) is 0. The number of halogens is 1. The van der Waals surface area contributed by atoms with Gasteiger partial charge in [-0.1, -0.05) is 0 Å². The molecule has 0 radical (unpaired) electrons. The maximum absolute atomic E-state index is 3.53. The molecule has 0 spiro atoms. The van der Waals surface area contributed by atoms with Crippen LogP contribution in [0.4, 0.5) is 0 Å². The predicted octanol–water partition coefficient (Wildman–Crippen LogP) is 5.26. The summed E-state index contributed by atoms with van der Waals surface area (Å²) in [6.07, 6.45) is 3.32. The molecule has 4 aromatic carbocycles. The van der Waals surface area contributed by atoms with Crippen LogP contribution in [0.1, 0.15) is 5.56 Å². The van der Waals surface area contributed by atoms with Gasteiger partial charge in [0.1, 0.15) is 0 Å². The van der Waals surface area contributed by atoms with Crippen LogP contribution in [0.5, 0.6) is 0 Å². The second kappa shape index (κ2) is 9.43. The van der Waals surface area contributed by atoms with Crippen LogP contribution in [0.15, 0.2) is 131 Å². The molecule has 0 aliphatic rings. The van der Waals surface area contributed by atoms with Crippen molar-refractivity contribution in [2.45, 2.75) is 6.42 Å². The molecule has 29 heavy (non-hydrogen) atoms. The molecule has 0 bridgehead atoms. The summed E-state index contributed by atoms with van der Waals surface area (Å²) in [5.41, 5.74) is 1.33. The SMILES string of the molecule is Brc1ccc(C/C=[CH]/[Ge]([c]2ccccc2)([c]2ccccc2)[c]2ccccc2)cc1. The molecule has 142 valence electrons. The van der Waals surface area contributed by atoms with Crippen molar-refractivity contribution in [2.24, 2.45) is 0 Å². The summed E-state index contributed by atoms with van der Waals surface area (Å²) in [5.74, 6) is 0. The van der Waals surface area contributed by atoms with Crippen molar-refractivity contribution >= 4 is 42.4 Å². The topological polar surface area (TPSA) is 0 Å². The Morgan fingerprint density at radius 3 is 1.38 bits per heavy atom. The Morgan fingerprint density at radius 1 is 0.552 bits per heavy atom. The van der Waals surface area contributed by atoms with E-state index in [-0.39, 0.29) is 0 Å². The van der Waals surface area contributed by atoms with E-state index in [2.05, 4.69) is 142 Å². The summed E-state index contributed by atoms with van der Waals surface area (Å²) in [5, 5.41) is 0. The molecule has 4 rings (SSSR count). The second-order valence-corrected chi connectivity index (χ2v) is 15.8. The monoisotopic (exact) mass is 500 g/mol. The van der Waals surface area contributed by atoms with E-state index in [0.29, 0.717) is 0 Å². The average Bonchev–Trinajstić information content (AvgIpc) is 2.80. The van der Waals surface area contributed by atoms with Crippen LogP contribution in [-0.2, 0) is 6.42 Å². The van der Waals surface area contributed by atoms with Gasteiger partial charge in [0.2, 0.25) is 0 Å². The number of benzene rings is 4. The fourth-order valence-electron chi connectivity index (χ4n) is 3.88. The molecule has 0 saturated heterocycles. The average molecular weight is 500 g/mol. The molecule has 0 atom stereocenters. The van der Waals surface area contributed by atoms with Crippen molar-refractivity contribution in [3.8, 4) is 0 Å². The minimum absolute atomic E-state index is 0.937. The van der Waals surface area contributed by atoms with E-state index in [1.54, 1.807) is 0 Å². The number of allylic oxidation sites excluding steroid dienone is 1. The molecule has 0 heterocycles. The molecule has 0 aromatic heterocycles. The molecule has 0 amide bonds. The van der Waals surface area contributed by atoms with Crippen LogP contribution in [0, 0.1) is 0 Å². The third kappa shape index (κ3) is 4.47. The maximum atomic E-state index is 3.53. The second-order valence-electron chi connectivity index (χ2n) is 7.14. The third-order valence-electron chi connectivity index (χ3n) is 5.32. The van der Waals surface area contributed by atoms with E-state index in [1.807, 2.05) is 0 Å². The van der Waals surface area contributed by atoms with E-state index in [0.717, 1.165) is 10.9 Å². The zero-order chi connectivity index (χ0) is 19.9.